The highest BCUT2D eigenvalue weighted by atomic mass is 16.6. The summed E-state index contributed by atoms with van der Waals surface area (Å²) in [5.41, 5.74) is 1.59. The van der Waals surface area contributed by atoms with Crippen molar-refractivity contribution in [2.75, 3.05) is 0 Å². The molecular formula is C22H18N2O4. The quantitative estimate of drug-likeness (QED) is 0.378. The Kier molecular flexibility index (Phi) is 5.91. The standard InChI is InChI=1S/C22H18N2O4/c25-21(17-7-3-1-4-8-17)15-20(16-11-13-19(14-12-16)24(27)28)23-22(26)18-9-5-2-6-10-18/h1-14,20H,15H2,(H,23,26)/t20-/m0/s1. The minimum absolute atomic E-state index is 0.0421. The third-order valence-corrected chi connectivity index (χ3v) is 4.33. The molecule has 0 aliphatic heterocycles. The van der Waals surface area contributed by atoms with Crippen molar-refractivity contribution in [1.82, 2.24) is 5.32 Å². The monoisotopic (exact) mass is 374 g/mol. The Morgan fingerprint density at radius 2 is 1.36 bits per heavy atom. The number of carbonyl (C=O) groups excluding carboxylic acids is 2. The van der Waals surface area contributed by atoms with Crippen molar-refractivity contribution < 1.29 is 14.5 Å². The van der Waals surface area contributed by atoms with Crippen molar-refractivity contribution in [2.45, 2.75) is 12.5 Å². The van der Waals surface area contributed by atoms with Crippen LogP contribution in [0.4, 0.5) is 5.69 Å². The Balaban J connectivity index is 1.85. The van der Waals surface area contributed by atoms with Gasteiger partial charge in [-0.15, -0.1) is 0 Å². The zero-order chi connectivity index (χ0) is 19.9. The molecule has 140 valence electrons. The van der Waals surface area contributed by atoms with Crippen LogP contribution in [-0.4, -0.2) is 16.6 Å². The van der Waals surface area contributed by atoms with Gasteiger partial charge in [0.05, 0.1) is 11.0 Å². The molecule has 0 heterocycles. The molecule has 0 saturated carbocycles. The number of benzene rings is 3. The lowest BCUT2D eigenvalue weighted by Crippen LogP contribution is -2.30. The summed E-state index contributed by atoms with van der Waals surface area (Å²) in [7, 11) is 0. The summed E-state index contributed by atoms with van der Waals surface area (Å²) in [6.07, 6.45) is 0.0421. The lowest BCUT2D eigenvalue weighted by atomic mass is 9.97. The summed E-state index contributed by atoms with van der Waals surface area (Å²) in [5, 5.41) is 13.8. The fraction of sp³-hybridized carbons (Fsp3) is 0.0909. The summed E-state index contributed by atoms with van der Waals surface area (Å²) in [4.78, 5) is 35.7. The van der Waals surface area contributed by atoms with Crippen molar-refractivity contribution in [1.29, 1.82) is 0 Å². The van der Waals surface area contributed by atoms with Crippen LogP contribution in [0.25, 0.3) is 0 Å². The van der Waals surface area contributed by atoms with E-state index in [1.165, 1.54) is 12.1 Å². The molecule has 3 rings (SSSR count). The van der Waals surface area contributed by atoms with E-state index in [9.17, 15) is 19.7 Å². The highest BCUT2D eigenvalue weighted by molar-refractivity contribution is 5.98. The number of nitro groups is 1. The summed E-state index contributed by atoms with van der Waals surface area (Å²) < 4.78 is 0. The first kappa shape index (κ1) is 19.0. The molecule has 0 aromatic heterocycles. The van der Waals surface area contributed by atoms with Gasteiger partial charge in [-0.3, -0.25) is 19.7 Å². The van der Waals surface area contributed by atoms with Crippen LogP contribution in [-0.2, 0) is 0 Å². The first-order valence-electron chi connectivity index (χ1n) is 8.73. The molecule has 1 atom stereocenters. The predicted octanol–water partition coefficient (Wildman–Crippen LogP) is 4.34. The Morgan fingerprint density at radius 1 is 0.821 bits per heavy atom. The first-order valence-corrected chi connectivity index (χ1v) is 8.73. The van der Waals surface area contributed by atoms with Gasteiger partial charge in [0, 0.05) is 29.7 Å². The molecular weight excluding hydrogens is 356 g/mol. The van der Waals surface area contributed by atoms with Gasteiger partial charge in [-0.05, 0) is 17.7 Å². The van der Waals surface area contributed by atoms with E-state index < -0.39 is 11.0 Å². The van der Waals surface area contributed by atoms with Crippen molar-refractivity contribution in [2.24, 2.45) is 0 Å². The number of nitrogens with zero attached hydrogens (tertiary/aromatic N) is 1. The lowest BCUT2D eigenvalue weighted by molar-refractivity contribution is -0.384. The van der Waals surface area contributed by atoms with Gasteiger partial charge < -0.3 is 5.32 Å². The summed E-state index contributed by atoms with van der Waals surface area (Å²) in [6, 6.07) is 22.7. The van der Waals surface area contributed by atoms with Crippen LogP contribution in [0.2, 0.25) is 0 Å². The predicted molar refractivity (Wildman–Crippen MR) is 105 cm³/mol. The highest BCUT2D eigenvalue weighted by Crippen LogP contribution is 2.23. The fourth-order valence-corrected chi connectivity index (χ4v) is 2.84. The van der Waals surface area contributed by atoms with Gasteiger partial charge in [0.25, 0.3) is 11.6 Å². The molecule has 1 N–H and O–H groups in total. The maximum Gasteiger partial charge on any atom is 0.269 e. The molecule has 1 amide bonds. The van der Waals surface area contributed by atoms with E-state index in [-0.39, 0.29) is 23.8 Å². The molecule has 0 aliphatic carbocycles. The van der Waals surface area contributed by atoms with Gasteiger partial charge in [0.2, 0.25) is 0 Å². The molecule has 6 nitrogen and oxygen atoms in total. The topological polar surface area (TPSA) is 89.3 Å². The summed E-state index contributed by atoms with van der Waals surface area (Å²) in [6.45, 7) is 0. The van der Waals surface area contributed by atoms with Crippen molar-refractivity contribution in [3.8, 4) is 0 Å². The van der Waals surface area contributed by atoms with Gasteiger partial charge in [-0.1, -0.05) is 60.7 Å². The number of carbonyl (C=O) groups is 2. The van der Waals surface area contributed by atoms with Gasteiger partial charge in [-0.2, -0.15) is 0 Å². The van der Waals surface area contributed by atoms with Crippen molar-refractivity contribution >= 4 is 17.4 Å². The molecule has 0 saturated heterocycles. The molecule has 0 bridgehead atoms. The molecule has 0 spiro atoms. The maximum absolute atomic E-state index is 12.7. The second-order valence-electron chi connectivity index (χ2n) is 6.23. The number of amides is 1. The van der Waals surface area contributed by atoms with Gasteiger partial charge in [-0.25, -0.2) is 0 Å². The molecule has 0 unspecified atom stereocenters. The van der Waals surface area contributed by atoms with E-state index in [1.807, 2.05) is 12.1 Å². The number of ketones is 1. The number of nitro benzene ring substituents is 1. The Hall–Kier alpha value is -3.80. The van der Waals surface area contributed by atoms with Gasteiger partial charge >= 0.3 is 0 Å². The first-order chi connectivity index (χ1) is 13.5. The summed E-state index contributed by atoms with van der Waals surface area (Å²) in [5.74, 6) is -0.442. The number of hydrogen-bond acceptors (Lipinski definition) is 4. The molecule has 3 aromatic carbocycles. The van der Waals surface area contributed by atoms with Crippen LogP contribution in [0.3, 0.4) is 0 Å². The van der Waals surface area contributed by atoms with Crippen molar-refractivity contribution in [3.63, 3.8) is 0 Å². The molecule has 28 heavy (non-hydrogen) atoms. The van der Waals surface area contributed by atoms with Gasteiger partial charge in [0.15, 0.2) is 5.78 Å². The second-order valence-corrected chi connectivity index (χ2v) is 6.23. The Bertz CT molecular complexity index is 917. The van der Waals surface area contributed by atoms with Crippen LogP contribution in [0.5, 0.6) is 0 Å². The van der Waals surface area contributed by atoms with E-state index in [2.05, 4.69) is 5.32 Å². The number of rotatable bonds is 7. The maximum atomic E-state index is 12.7. The lowest BCUT2D eigenvalue weighted by Gasteiger charge is -2.19. The largest absolute Gasteiger partial charge is 0.345 e. The van der Waals surface area contributed by atoms with Crippen LogP contribution in [0.15, 0.2) is 84.9 Å². The fourth-order valence-electron chi connectivity index (χ4n) is 2.84. The average Bonchev–Trinajstić information content (AvgIpc) is 2.74. The van der Waals surface area contributed by atoms with E-state index in [4.69, 9.17) is 0 Å². The van der Waals surface area contributed by atoms with Crippen LogP contribution in [0.1, 0.15) is 38.7 Å². The summed E-state index contributed by atoms with van der Waals surface area (Å²) >= 11 is 0. The van der Waals surface area contributed by atoms with Crippen LogP contribution < -0.4 is 5.32 Å². The number of non-ortho nitro benzene ring substituents is 1. The van der Waals surface area contributed by atoms with E-state index in [0.717, 1.165) is 0 Å². The number of hydrogen-bond donors (Lipinski definition) is 1. The molecule has 3 aromatic rings. The average molecular weight is 374 g/mol. The molecule has 0 radical (unpaired) electrons. The van der Waals surface area contributed by atoms with Crippen LogP contribution >= 0.6 is 0 Å². The molecule has 0 aliphatic rings. The molecule has 0 fully saturated rings. The SMILES string of the molecule is O=C(C[C@H](NC(=O)c1ccccc1)c1ccc([N+](=O)[O-])cc1)c1ccccc1. The normalized spacial score (nSPS) is 11.4. The Morgan fingerprint density at radius 3 is 1.89 bits per heavy atom. The van der Waals surface area contributed by atoms with Crippen LogP contribution in [0, 0.1) is 10.1 Å². The Labute approximate surface area is 162 Å². The second kappa shape index (κ2) is 8.73. The minimum atomic E-state index is -0.610. The van der Waals surface area contributed by atoms with E-state index >= 15 is 0 Å². The zero-order valence-electron chi connectivity index (χ0n) is 14.9. The third kappa shape index (κ3) is 4.67. The molecule has 6 heteroatoms. The van der Waals surface area contributed by atoms with E-state index in [1.54, 1.807) is 60.7 Å². The number of nitrogens with one attached hydrogen (secondary N) is 1. The smallest absolute Gasteiger partial charge is 0.269 e. The third-order valence-electron chi connectivity index (χ3n) is 4.33. The van der Waals surface area contributed by atoms with E-state index in [0.29, 0.717) is 16.7 Å². The zero-order valence-corrected chi connectivity index (χ0v) is 14.9. The van der Waals surface area contributed by atoms with Crippen molar-refractivity contribution in [3.05, 3.63) is 112 Å². The van der Waals surface area contributed by atoms with Gasteiger partial charge in [0.1, 0.15) is 0 Å². The minimum Gasteiger partial charge on any atom is -0.345 e. The highest BCUT2D eigenvalue weighted by Gasteiger charge is 2.21. The number of Topliss-reactive ketones (excluding diaryl/α,β-unsaturated/α-hetero) is 1.